The van der Waals surface area contributed by atoms with Crippen molar-refractivity contribution in [2.24, 2.45) is 0 Å². The summed E-state index contributed by atoms with van der Waals surface area (Å²) in [7, 11) is 1.58. The summed E-state index contributed by atoms with van der Waals surface area (Å²) in [6.07, 6.45) is -2.44. The van der Waals surface area contributed by atoms with Gasteiger partial charge in [0, 0.05) is 26.4 Å². The van der Waals surface area contributed by atoms with Crippen LogP contribution in [-0.2, 0) is 9.53 Å². The SMILES string of the molecule is CO[C@@H]1C[C@H](CNC(=O)CC(F)(F)F)N(c2ccncn2)C1. The van der Waals surface area contributed by atoms with Gasteiger partial charge in [-0.25, -0.2) is 9.97 Å². The molecule has 0 bridgehead atoms. The van der Waals surface area contributed by atoms with E-state index in [4.69, 9.17) is 4.74 Å². The molecule has 122 valence electrons. The summed E-state index contributed by atoms with van der Waals surface area (Å²) in [5.74, 6) is -0.374. The minimum Gasteiger partial charge on any atom is -0.380 e. The fourth-order valence-corrected chi connectivity index (χ4v) is 2.45. The molecule has 1 aromatic heterocycles. The number of alkyl halides is 3. The first-order valence-electron chi connectivity index (χ1n) is 6.78. The van der Waals surface area contributed by atoms with Gasteiger partial charge < -0.3 is 15.0 Å². The van der Waals surface area contributed by atoms with Gasteiger partial charge in [-0.05, 0) is 12.5 Å². The second-order valence-electron chi connectivity index (χ2n) is 5.06. The number of amides is 1. The minimum atomic E-state index is -4.50. The number of ether oxygens (including phenoxy) is 1. The fraction of sp³-hybridized carbons (Fsp3) is 0.615. The maximum absolute atomic E-state index is 12.2. The first-order valence-corrected chi connectivity index (χ1v) is 6.78. The van der Waals surface area contributed by atoms with Crippen molar-refractivity contribution in [2.45, 2.75) is 31.2 Å². The van der Waals surface area contributed by atoms with Crippen molar-refractivity contribution < 1.29 is 22.7 Å². The molecule has 22 heavy (non-hydrogen) atoms. The number of hydrogen-bond donors (Lipinski definition) is 1. The van der Waals surface area contributed by atoms with Crippen LogP contribution in [-0.4, -0.2) is 54.4 Å². The molecule has 0 spiro atoms. The highest BCUT2D eigenvalue weighted by Crippen LogP contribution is 2.25. The average molecular weight is 318 g/mol. The fourth-order valence-electron chi connectivity index (χ4n) is 2.45. The Hall–Kier alpha value is -1.90. The first-order chi connectivity index (χ1) is 10.4. The lowest BCUT2D eigenvalue weighted by Crippen LogP contribution is -2.41. The van der Waals surface area contributed by atoms with Crippen LogP contribution in [0.5, 0.6) is 0 Å². The second kappa shape index (κ2) is 6.91. The Balaban J connectivity index is 1.97. The molecule has 0 aromatic carbocycles. The van der Waals surface area contributed by atoms with Gasteiger partial charge in [-0.3, -0.25) is 4.79 Å². The molecule has 0 unspecified atom stereocenters. The number of aromatic nitrogens is 2. The second-order valence-corrected chi connectivity index (χ2v) is 5.06. The summed E-state index contributed by atoms with van der Waals surface area (Å²) in [6, 6.07) is 1.54. The van der Waals surface area contributed by atoms with Crippen molar-refractivity contribution >= 4 is 11.7 Å². The first kappa shape index (κ1) is 16.5. The van der Waals surface area contributed by atoms with E-state index in [1.807, 2.05) is 4.90 Å². The van der Waals surface area contributed by atoms with Gasteiger partial charge in [0.1, 0.15) is 18.6 Å². The maximum Gasteiger partial charge on any atom is 0.397 e. The van der Waals surface area contributed by atoms with Gasteiger partial charge in [0.2, 0.25) is 5.91 Å². The molecular weight excluding hydrogens is 301 g/mol. The van der Waals surface area contributed by atoms with E-state index in [1.54, 1.807) is 19.4 Å². The van der Waals surface area contributed by atoms with Crippen molar-refractivity contribution in [1.29, 1.82) is 0 Å². The average Bonchev–Trinajstić information content (AvgIpc) is 2.87. The number of nitrogens with zero attached hydrogens (tertiary/aromatic N) is 3. The zero-order valence-corrected chi connectivity index (χ0v) is 12.0. The highest BCUT2D eigenvalue weighted by Gasteiger charge is 2.35. The Morgan fingerprint density at radius 2 is 2.32 bits per heavy atom. The Morgan fingerprint density at radius 3 is 2.91 bits per heavy atom. The monoisotopic (exact) mass is 318 g/mol. The third-order valence-electron chi connectivity index (χ3n) is 3.47. The predicted molar refractivity (Wildman–Crippen MR) is 72.3 cm³/mol. The molecule has 0 radical (unpaired) electrons. The van der Waals surface area contributed by atoms with Gasteiger partial charge in [0.25, 0.3) is 0 Å². The van der Waals surface area contributed by atoms with E-state index in [2.05, 4.69) is 15.3 Å². The summed E-state index contributed by atoms with van der Waals surface area (Å²) >= 11 is 0. The molecule has 1 saturated heterocycles. The number of anilines is 1. The largest absolute Gasteiger partial charge is 0.397 e. The molecule has 1 amide bonds. The molecule has 2 atom stereocenters. The van der Waals surface area contributed by atoms with Gasteiger partial charge in [0.05, 0.1) is 12.1 Å². The zero-order valence-electron chi connectivity index (χ0n) is 12.0. The van der Waals surface area contributed by atoms with Crippen molar-refractivity contribution in [3.8, 4) is 0 Å². The van der Waals surface area contributed by atoms with E-state index >= 15 is 0 Å². The Bertz CT molecular complexity index is 498. The number of carbonyl (C=O) groups excluding carboxylic acids is 1. The molecule has 1 N–H and O–H groups in total. The summed E-state index contributed by atoms with van der Waals surface area (Å²) in [4.78, 5) is 21.2. The van der Waals surface area contributed by atoms with Crippen molar-refractivity contribution in [2.75, 3.05) is 25.1 Å². The predicted octanol–water partition coefficient (Wildman–Crippen LogP) is 1.14. The molecule has 1 aliphatic heterocycles. The van der Waals surface area contributed by atoms with Gasteiger partial charge in [0.15, 0.2) is 0 Å². The van der Waals surface area contributed by atoms with Crippen molar-refractivity contribution in [3.63, 3.8) is 0 Å². The van der Waals surface area contributed by atoms with Gasteiger partial charge in [-0.1, -0.05) is 0 Å². The Labute approximate surface area is 125 Å². The molecular formula is C13H17F3N4O2. The highest BCUT2D eigenvalue weighted by atomic mass is 19.4. The third kappa shape index (κ3) is 4.55. The van der Waals surface area contributed by atoms with Crippen LogP contribution in [0.4, 0.5) is 19.0 Å². The van der Waals surface area contributed by atoms with Crippen LogP contribution in [0.2, 0.25) is 0 Å². The standard InChI is InChI=1S/C13H17F3N4O2/c1-22-10-4-9(6-18-12(21)5-13(14,15)16)20(7-10)11-2-3-17-8-19-11/h2-3,8-10H,4-7H2,1H3,(H,18,21)/t9-,10-/m1/s1. The van der Waals surface area contributed by atoms with Crippen LogP contribution in [0.1, 0.15) is 12.8 Å². The van der Waals surface area contributed by atoms with E-state index in [0.29, 0.717) is 18.8 Å². The van der Waals surface area contributed by atoms with Gasteiger partial charge >= 0.3 is 6.18 Å². The third-order valence-corrected chi connectivity index (χ3v) is 3.47. The number of hydrogen-bond acceptors (Lipinski definition) is 5. The summed E-state index contributed by atoms with van der Waals surface area (Å²) in [5, 5.41) is 2.33. The van der Waals surface area contributed by atoms with Crippen LogP contribution >= 0.6 is 0 Å². The normalized spacial score (nSPS) is 21.9. The maximum atomic E-state index is 12.2. The molecule has 0 saturated carbocycles. The molecule has 0 aliphatic carbocycles. The number of methoxy groups -OCH3 is 1. The number of carbonyl (C=O) groups is 1. The molecule has 1 fully saturated rings. The Kier molecular flexibility index (Phi) is 5.17. The molecule has 1 aliphatic rings. The van der Waals surface area contributed by atoms with Crippen LogP contribution in [0, 0.1) is 0 Å². The summed E-state index contributed by atoms with van der Waals surface area (Å²) in [5.41, 5.74) is 0. The molecule has 6 nitrogen and oxygen atoms in total. The molecule has 2 rings (SSSR count). The zero-order chi connectivity index (χ0) is 16.2. The number of nitrogens with one attached hydrogen (secondary N) is 1. The highest BCUT2D eigenvalue weighted by molar-refractivity contribution is 5.76. The van der Waals surface area contributed by atoms with E-state index in [1.165, 1.54) is 6.33 Å². The Morgan fingerprint density at radius 1 is 1.55 bits per heavy atom. The van der Waals surface area contributed by atoms with E-state index in [-0.39, 0.29) is 18.7 Å². The quantitative estimate of drug-likeness (QED) is 0.882. The van der Waals surface area contributed by atoms with Gasteiger partial charge in [-0.15, -0.1) is 0 Å². The smallest absolute Gasteiger partial charge is 0.380 e. The topological polar surface area (TPSA) is 67.3 Å². The minimum absolute atomic E-state index is 0.0560. The summed E-state index contributed by atoms with van der Waals surface area (Å²) in [6.45, 7) is 0.673. The summed E-state index contributed by atoms with van der Waals surface area (Å²) < 4.78 is 41.8. The van der Waals surface area contributed by atoms with E-state index < -0.39 is 18.5 Å². The van der Waals surface area contributed by atoms with Crippen LogP contribution in [0.15, 0.2) is 18.6 Å². The lowest BCUT2D eigenvalue weighted by Gasteiger charge is -2.25. The van der Waals surface area contributed by atoms with Crippen molar-refractivity contribution in [3.05, 3.63) is 18.6 Å². The lowest BCUT2D eigenvalue weighted by molar-refractivity contribution is -0.153. The molecule has 1 aromatic rings. The van der Waals surface area contributed by atoms with Crippen LogP contribution in [0.25, 0.3) is 0 Å². The van der Waals surface area contributed by atoms with Gasteiger partial charge in [-0.2, -0.15) is 13.2 Å². The van der Waals surface area contributed by atoms with Crippen LogP contribution < -0.4 is 10.2 Å². The van der Waals surface area contributed by atoms with E-state index in [0.717, 1.165) is 0 Å². The van der Waals surface area contributed by atoms with Crippen molar-refractivity contribution in [1.82, 2.24) is 15.3 Å². The number of rotatable bonds is 5. The lowest BCUT2D eigenvalue weighted by atomic mass is 10.2. The molecule has 9 heteroatoms. The number of halogens is 3. The molecule has 2 heterocycles. The van der Waals surface area contributed by atoms with Crippen LogP contribution in [0.3, 0.4) is 0 Å². The van der Waals surface area contributed by atoms with E-state index in [9.17, 15) is 18.0 Å².